The Hall–Kier alpha value is -3.73. The van der Waals surface area contributed by atoms with Crippen LogP contribution in [-0.4, -0.2) is 69.6 Å². The Morgan fingerprint density at radius 2 is 1.40 bits per heavy atom. The maximum absolute atomic E-state index is 13.5. The predicted molar refractivity (Wildman–Crippen MR) is 175 cm³/mol. The summed E-state index contributed by atoms with van der Waals surface area (Å²) in [6, 6.07) is 8.45. The molecule has 2 aliphatic heterocycles. The molecule has 16 heteroatoms. The van der Waals surface area contributed by atoms with Crippen molar-refractivity contribution in [2.24, 2.45) is 11.8 Å². The van der Waals surface area contributed by atoms with Gasteiger partial charge in [-0.2, -0.15) is 12.6 Å². The lowest BCUT2D eigenvalue weighted by molar-refractivity contribution is -0.0197. The maximum Gasteiger partial charge on any atom is 0.338 e. The molecule has 47 heavy (non-hydrogen) atoms. The summed E-state index contributed by atoms with van der Waals surface area (Å²) in [6.07, 6.45) is 1.12. The first-order valence-corrected chi connectivity index (χ1v) is 17.8. The van der Waals surface area contributed by atoms with E-state index in [-0.39, 0.29) is 43.3 Å². The van der Waals surface area contributed by atoms with Gasteiger partial charge in [0.05, 0.1) is 35.9 Å². The molecule has 0 spiro atoms. The van der Waals surface area contributed by atoms with E-state index in [1.807, 2.05) is 0 Å². The Morgan fingerprint density at radius 3 is 1.96 bits per heavy atom. The van der Waals surface area contributed by atoms with Crippen molar-refractivity contribution in [2.45, 2.75) is 64.2 Å². The molecule has 2 aromatic heterocycles. The van der Waals surface area contributed by atoms with Gasteiger partial charge in [-0.25, -0.2) is 22.8 Å². The zero-order valence-corrected chi connectivity index (χ0v) is 27.7. The number of benzene rings is 1. The molecular weight excluding hydrogens is 652 g/mol. The lowest BCUT2D eigenvalue weighted by Crippen LogP contribution is -2.33. The average Bonchev–Trinajstić information content (AvgIpc) is 3.63. The molecule has 0 aliphatic carbocycles. The van der Waals surface area contributed by atoms with Crippen molar-refractivity contribution in [3.05, 3.63) is 101 Å². The Kier molecular flexibility index (Phi) is 10.7. The predicted octanol–water partition coefficient (Wildman–Crippen LogP) is 1.49. The van der Waals surface area contributed by atoms with Crippen LogP contribution in [0.25, 0.3) is 0 Å². The highest BCUT2D eigenvalue weighted by atomic mass is 32.2. The largest absolute Gasteiger partial charge is 0.462 e. The molecule has 6 atom stereocenters. The highest BCUT2D eigenvalue weighted by molar-refractivity contribution is 7.91. The normalized spacial score (nSPS) is 24.4. The van der Waals surface area contributed by atoms with Gasteiger partial charge in [0.1, 0.15) is 12.5 Å². The standard InChI is InChI=1S/C31H38N4O10S2/c1-18-14-34(30(39)32-27(18)36)25-12-21(16-46)24(45-25)9-11-47(41,42)17-22-13-26(35-15-19(2)28(37)33-31(35)40)44-23(22)8-10-43-29(38)20-6-4-3-5-7-20/h3-7,14-15,21-26,46H,8-13,16-17H2,1-2H3,(H,32,36,39)(H,33,37,40)/t21-,22-,23-,24-,25-,26-/m1/s1. The van der Waals surface area contributed by atoms with Crippen molar-refractivity contribution in [2.75, 3.05) is 23.9 Å². The highest BCUT2D eigenvalue weighted by Gasteiger charge is 2.41. The van der Waals surface area contributed by atoms with Crippen LogP contribution in [0.15, 0.2) is 61.9 Å². The number of aryl methyl sites for hydroxylation is 2. The number of aromatic nitrogens is 4. The second kappa shape index (κ2) is 14.6. The second-order valence-electron chi connectivity index (χ2n) is 12.1. The molecule has 1 aromatic carbocycles. The number of sulfone groups is 1. The number of nitrogens with one attached hydrogen (secondary N) is 2. The molecule has 2 N–H and O–H groups in total. The number of ether oxygens (including phenoxy) is 3. The van der Waals surface area contributed by atoms with Crippen LogP contribution in [0.5, 0.6) is 0 Å². The van der Waals surface area contributed by atoms with Crippen LogP contribution in [0.4, 0.5) is 0 Å². The molecule has 0 bridgehead atoms. The molecule has 0 amide bonds. The zero-order valence-electron chi connectivity index (χ0n) is 26.0. The topological polar surface area (TPSA) is 189 Å². The van der Waals surface area contributed by atoms with Crippen LogP contribution in [0.2, 0.25) is 0 Å². The number of thiol groups is 1. The van der Waals surface area contributed by atoms with E-state index in [1.54, 1.807) is 44.2 Å². The number of aromatic amines is 2. The second-order valence-corrected chi connectivity index (χ2v) is 14.7. The summed E-state index contributed by atoms with van der Waals surface area (Å²) in [4.78, 5) is 65.8. The van der Waals surface area contributed by atoms with Gasteiger partial charge in [0.2, 0.25) is 0 Å². The fraction of sp³-hybridized carbons (Fsp3) is 0.516. The number of nitrogens with zero attached hydrogens (tertiary/aromatic N) is 2. The van der Waals surface area contributed by atoms with Gasteiger partial charge in [-0.15, -0.1) is 0 Å². The molecule has 254 valence electrons. The summed E-state index contributed by atoms with van der Waals surface area (Å²) < 4.78 is 47.3. The van der Waals surface area contributed by atoms with Gasteiger partial charge in [-0.3, -0.25) is 28.7 Å². The van der Waals surface area contributed by atoms with Crippen LogP contribution in [0.3, 0.4) is 0 Å². The van der Waals surface area contributed by atoms with Crippen molar-refractivity contribution in [3.63, 3.8) is 0 Å². The molecule has 4 heterocycles. The first-order chi connectivity index (χ1) is 22.3. The van der Waals surface area contributed by atoms with Gasteiger partial charge >= 0.3 is 17.3 Å². The number of hydrogen-bond donors (Lipinski definition) is 3. The smallest absolute Gasteiger partial charge is 0.338 e. The number of carbonyl (C=O) groups is 1. The summed E-state index contributed by atoms with van der Waals surface area (Å²) in [5, 5.41) is 0. The maximum atomic E-state index is 13.5. The Bertz CT molecular complexity index is 1940. The molecule has 0 radical (unpaired) electrons. The number of H-pyrrole nitrogens is 2. The van der Waals surface area contributed by atoms with Gasteiger partial charge in [0.15, 0.2) is 9.84 Å². The van der Waals surface area contributed by atoms with E-state index in [9.17, 15) is 32.4 Å². The molecule has 0 saturated carbocycles. The molecule has 14 nitrogen and oxygen atoms in total. The Balaban J connectivity index is 1.27. The lowest BCUT2D eigenvalue weighted by Gasteiger charge is -2.20. The molecule has 0 unspecified atom stereocenters. The van der Waals surface area contributed by atoms with Crippen molar-refractivity contribution < 1.29 is 27.4 Å². The number of carbonyl (C=O) groups excluding carboxylic acids is 1. The molecule has 2 aliphatic rings. The summed E-state index contributed by atoms with van der Waals surface area (Å²) in [7, 11) is -3.69. The van der Waals surface area contributed by atoms with Crippen LogP contribution in [-0.2, 0) is 24.0 Å². The van der Waals surface area contributed by atoms with E-state index in [2.05, 4.69) is 22.6 Å². The summed E-state index contributed by atoms with van der Waals surface area (Å²) in [6.45, 7) is 3.09. The van der Waals surface area contributed by atoms with Crippen LogP contribution in [0.1, 0.15) is 59.6 Å². The van der Waals surface area contributed by atoms with E-state index >= 15 is 0 Å². The minimum absolute atomic E-state index is 0.0360. The summed E-state index contributed by atoms with van der Waals surface area (Å²) in [5.74, 6) is -1.24. The third-order valence-electron chi connectivity index (χ3n) is 8.70. The van der Waals surface area contributed by atoms with Crippen LogP contribution >= 0.6 is 12.6 Å². The summed E-state index contributed by atoms with van der Waals surface area (Å²) in [5.41, 5.74) is -1.26. The quantitative estimate of drug-likeness (QED) is 0.186. The van der Waals surface area contributed by atoms with E-state index in [0.29, 0.717) is 28.9 Å². The van der Waals surface area contributed by atoms with Crippen LogP contribution in [0, 0.1) is 25.7 Å². The minimum atomic E-state index is -3.69. The van der Waals surface area contributed by atoms with Gasteiger partial charge in [-0.05, 0) is 56.9 Å². The average molecular weight is 691 g/mol. The molecule has 2 fully saturated rings. The van der Waals surface area contributed by atoms with Gasteiger partial charge in [0.25, 0.3) is 11.1 Å². The van der Waals surface area contributed by atoms with E-state index < -0.39 is 68.9 Å². The van der Waals surface area contributed by atoms with Crippen molar-refractivity contribution in [1.82, 2.24) is 19.1 Å². The Labute approximate surface area is 275 Å². The van der Waals surface area contributed by atoms with Crippen molar-refractivity contribution in [3.8, 4) is 0 Å². The fourth-order valence-corrected chi connectivity index (χ4v) is 8.27. The zero-order chi connectivity index (χ0) is 33.9. The third kappa shape index (κ3) is 8.23. The van der Waals surface area contributed by atoms with E-state index in [1.165, 1.54) is 21.5 Å². The Morgan fingerprint density at radius 1 is 0.872 bits per heavy atom. The molecule has 3 aromatic rings. The summed E-state index contributed by atoms with van der Waals surface area (Å²) >= 11 is 4.42. The van der Waals surface area contributed by atoms with Crippen LogP contribution < -0.4 is 22.5 Å². The molecule has 2 saturated heterocycles. The lowest BCUT2D eigenvalue weighted by atomic mass is 10.0. The molecular formula is C31H38N4O10S2. The molecule has 5 rings (SSSR count). The highest BCUT2D eigenvalue weighted by Crippen LogP contribution is 2.37. The number of hydrogen-bond acceptors (Lipinski definition) is 11. The minimum Gasteiger partial charge on any atom is -0.462 e. The number of esters is 1. The van der Waals surface area contributed by atoms with Gasteiger partial charge < -0.3 is 14.2 Å². The van der Waals surface area contributed by atoms with Gasteiger partial charge in [-0.1, -0.05) is 18.2 Å². The third-order valence-corrected chi connectivity index (χ3v) is 11.0. The SMILES string of the molecule is Cc1cn([C@H]2C[C@H](CS(=O)(=O)CC[C@H]3O[C@@H](n4cc(C)c(=O)[nH]c4=O)C[C@@H]3CS)[C@@H](CCOC(=O)c3ccccc3)O2)c(=O)[nH]c1=O. The van der Waals surface area contributed by atoms with Crippen molar-refractivity contribution in [1.29, 1.82) is 0 Å². The number of rotatable bonds is 12. The van der Waals surface area contributed by atoms with Crippen molar-refractivity contribution >= 4 is 28.4 Å². The monoisotopic (exact) mass is 690 g/mol. The van der Waals surface area contributed by atoms with E-state index in [0.717, 1.165) is 0 Å². The first-order valence-electron chi connectivity index (χ1n) is 15.3. The van der Waals surface area contributed by atoms with E-state index in [4.69, 9.17) is 14.2 Å². The first kappa shape index (κ1) is 34.6. The van der Waals surface area contributed by atoms with Gasteiger partial charge in [0, 0.05) is 35.9 Å². The fourth-order valence-electron chi connectivity index (χ4n) is 6.12.